The largest absolute Gasteiger partial charge is 0.492 e. The van der Waals surface area contributed by atoms with Crippen LogP contribution in [0.25, 0.3) is 17.2 Å². The van der Waals surface area contributed by atoms with E-state index in [1.807, 2.05) is 36.4 Å². The summed E-state index contributed by atoms with van der Waals surface area (Å²) in [5.41, 5.74) is 2.62. The molecule has 1 N–H and O–H groups in total. The monoisotopic (exact) mass is 604 g/mol. The van der Waals surface area contributed by atoms with Gasteiger partial charge >= 0.3 is 0 Å². The Balaban J connectivity index is 1.35. The average Bonchev–Trinajstić information content (AvgIpc) is 3.55. The number of thioether (sulfide) groups is 1. The lowest BCUT2D eigenvalue weighted by atomic mass is 10.0. The van der Waals surface area contributed by atoms with Crippen LogP contribution in [-0.2, 0) is 16.0 Å². The van der Waals surface area contributed by atoms with E-state index in [0.29, 0.717) is 56.8 Å². The Morgan fingerprint density at radius 1 is 1.10 bits per heavy atom. The van der Waals surface area contributed by atoms with Gasteiger partial charge in [0.15, 0.2) is 5.82 Å². The van der Waals surface area contributed by atoms with E-state index >= 15 is 0 Å². The number of carbonyl (C=O) groups is 1. The van der Waals surface area contributed by atoms with Gasteiger partial charge in [-0.3, -0.25) is 14.6 Å². The number of amides is 1. The number of hydrogen-bond acceptors (Lipinski definition) is 9. The van der Waals surface area contributed by atoms with Crippen LogP contribution in [0.4, 0.5) is 0 Å². The molecule has 204 valence electrons. The van der Waals surface area contributed by atoms with Gasteiger partial charge in [0.2, 0.25) is 0 Å². The normalized spacial score (nSPS) is 17.4. The molecular weight excluding hydrogens is 579 g/mol. The van der Waals surface area contributed by atoms with Crippen LogP contribution in [0.5, 0.6) is 5.75 Å². The third kappa shape index (κ3) is 7.16. The van der Waals surface area contributed by atoms with Crippen molar-refractivity contribution in [1.29, 1.82) is 0 Å². The Hall–Kier alpha value is -2.54. The molecule has 13 heteroatoms. The first-order valence-electron chi connectivity index (χ1n) is 12.5. The van der Waals surface area contributed by atoms with Gasteiger partial charge in [0.1, 0.15) is 16.7 Å². The highest BCUT2D eigenvalue weighted by molar-refractivity contribution is 8.26. The number of carbonyl (C=O) groups excluding carboxylic acids is 1. The molecule has 3 heterocycles. The van der Waals surface area contributed by atoms with Gasteiger partial charge in [-0.1, -0.05) is 64.5 Å². The quantitative estimate of drug-likeness (QED) is 0.260. The highest BCUT2D eigenvalue weighted by atomic mass is 35.5. The van der Waals surface area contributed by atoms with Crippen LogP contribution in [0, 0.1) is 0 Å². The molecule has 0 saturated carbocycles. The minimum Gasteiger partial charge on any atom is -0.492 e. The number of H-pyrrole nitrogens is 1. The molecule has 2 saturated heterocycles. The fourth-order valence-electron chi connectivity index (χ4n) is 4.28. The van der Waals surface area contributed by atoms with Crippen molar-refractivity contribution in [2.24, 2.45) is 0 Å². The third-order valence-corrected chi connectivity index (χ3v) is 8.48. The standard InChI is InChI=1S/C26H26Cl2N6O3S2/c27-20-5-3-18(15-21(20)28)17-4-6-22(37-13-10-33-8-11-36-12-9-33)19(14-17)16-23-25(35)34(26(38)39-23)7-1-2-24-29-31-32-30-24/h3-6,14-16H,1-2,7-13H2,(H,29,30,31,32)/b23-16-. The molecule has 2 aliphatic rings. The SMILES string of the molecule is O=C1/C(=C/c2cc(-c3ccc(Cl)c(Cl)c3)ccc2OCCN2CCOCC2)SC(=S)N1CCCc1nn[nH]n1. The zero-order valence-corrected chi connectivity index (χ0v) is 24.1. The lowest BCUT2D eigenvalue weighted by molar-refractivity contribution is -0.122. The summed E-state index contributed by atoms with van der Waals surface area (Å²) in [6.07, 6.45) is 3.12. The Bertz CT molecular complexity index is 1370. The molecule has 0 atom stereocenters. The number of aromatic nitrogens is 4. The summed E-state index contributed by atoms with van der Waals surface area (Å²) in [6.45, 7) is 5.04. The fraction of sp³-hybridized carbons (Fsp3) is 0.346. The second-order valence-electron chi connectivity index (χ2n) is 8.95. The van der Waals surface area contributed by atoms with Crippen molar-refractivity contribution < 1.29 is 14.3 Å². The van der Waals surface area contributed by atoms with Crippen molar-refractivity contribution in [1.82, 2.24) is 30.4 Å². The molecule has 1 amide bonds. The first-order valence-corrected chi connectivity index (χ1v) is 14.5. The lowest BCUT2D eigenvalue weighted by Crippen LogP contribution is -2.38. The van der Waals surface area contributed by atoms with Crippen molar-refractivity contribution in [2.75, 3.05) is 46.0 Å². The molecule has 1 aromatic heterocycles. The van der Waals surface area contributed by atoms with Crippen LogP contribution in [0.15, 0.2) is 41.3 Å². The van der Waals surface area contributed by atoms with Crippen molar-refractivity contribution in [3.63, 3.8) is 0 Å². The molecule has 3 aromatic rings. The topological polar surface area (TPSA) is 96.5 Å². The lowest BCUT2D eigenvalue weighted by Gasteiger charge is -2.26. The predicted octanol–water partition coefficient (Wildman–Crippen LogP) is 4.72. The van der Waals surface area contributed by atoms with Crippen LogP contribution in [0.2, 0.25) is 10.0 Å². The Morgan fingerprint density at radius 2 is 1.90 bits per heavy atom. The Labute approximate surface area is 245 Å². The van der Waals surface area contributed by atoms with Crippen LogP contribution in [0.3, 0.4) is 0 Å². The number of halogens is 2. The minimum absolute atomic E-state index is 0.127. The average molecular weight is 606 g/mol. The van der Waals surface area contributed by atoms with E-state index in [-0.39, 0.29) is 5.91 Å². The van der Waals surface area contributed by atoms with Gasteiger partial charge in [-0.15, -0.1) is 10.2 Å². The summed E-state index contributed by atoms with van der Waals surface area (Å²) in [5.74, 6) is 1.17. The molecule has 0 radical (unpaired) electrons. The molecule has 9 nitrogen and oxygen atoms in total. The van der Waals surface area contributed by atoms with Gasteiger partial charge < -0.3 is 9.47 Å². The number of tetrazole rings is 1. The van der Waals surface area contributed by atoms with Crippen LogP contribution >= 0.6 is 47.2 Å². The smallest absolute Gasteiger partial charge is 0.266 e. The number of benzene rings is 2. The van der Waals surface area contributed by atoms with Gasteiger partial charge in [-0.25, -0.2) is 0 Å². The first-order chi connectivity index (χ1) is 19.0. The molecular formula is C26H26Cl2N6O3S2. The van der Waals surface area contributed by atoms with Crippen molar-refractivity contribution in [3.05, 3.63) is 62.7 Å². The number of aromatic amines is 1. The number of ether oxygens (including phenoxy) is 2. The third-order valence-electron chi connectivity index (χ3n) is 6.36. The predicted molar refractivity (Wildman–Crippen MR) is 157 cm³/mol. The van der Waals surface area contributed by atoms with E-state index in [0.717, 1.165) is 49.5 Å². The number of morpholine rings is 1. The van der Waals surface area contributed by atoms with Gasteiger partial charge in [0, 0.05) is 38.2 Å². The van der Waals surface area contributed by atoms with Crippen molar-refractivity contribution >= 4 is 63.5 Å². The number of aryl methyl sites for hydroxylation is 1. The zero-order chi connectivity index (χ0) is 27.2. The number of thiocarbonyl (C=S) groups is 1. The number of nitrogens with one attached hydrogen (secondary N) is 1. The molecule has 0 bridgehead atoms. The van der Waals surface area contributed by atoms with E-state index < -0.39 is 0 Å². The Kier molecular flexibility index (Phi) is 9.49. The maximum atomic E-state index is 13.3. The second-order valence-corrected chi connectivity index (χ2v) is 11.4. The number of nitrogens with zero attached hydrogens (tertiary/aromatic N) is 5. The van der Waals surface area contributed by atoms with Crippen LogP contribution < -0.4 is 4.74 Å². The highest BCUT2D eigenvalue weighted by Crippen LogP contribution is 2.37. The molecule has 2 fully saturated rings. The minimum atomic E-state index is -0.127. The summed E-state index contributed by atoms with van der Waals surface area (Å²) >= 11 is 19.2. The second kappa shape index (κ2) is 13.2. The van der Waals surface area contributed by atoms with E-state index in [4.69, 9.17) is 44.9 Å². The summed E-state index contributed by atoms with van der Waals surface area (Å²) < 4.78 is 12.2. The number of rotatable bonds is 10. The van der Waals surface area contributed by atoms with Gasteiger partial charge in [0.05, 0.1) is 28.2 Å². The molecule has 2 aliphatic heterocycles. The summed E-state index contributed by atoms with van der Waals surface area (Å²) in [6, 6.07) is 11.4. The first kappa shape index (κ1) is 28.0. The van der Waals surface area contributed by atoms with Gasteiger partial charge in [-0.05, 0) is 47.9 Å². The molecule has 0 spiro atoms. The number of hydrogen-bond donors (Lipinski definition) is 1. The van der Waals surface area contributed by atoms with Crippen molar-refractivity contribution in [3.8, 4) is 16.9 Å². The van der Waals surface area contributed by atoms with Crippen molar-refractivity contribution in [2.45, 2.75) is 12.8 Å². The Morgan fingerprint density at radius 3 is 2.67 bits per heavy atom. The molecule has 0 unspecified atom stereocenters. The molecule has 5 rings (SSSR count). The summed E-state index contributed by atoms with van der Waals surface area (Å²) in [4.78, 5) is 17.8. The maximum Gasteiger partial charge on any atom is 0.266 e. The van der Waals surface area contributed by atoms with E-state index in [9.17, 15) is 4.79 Å². The zero-order valence-electron chi connectivity index (χ0n) is 20.9. The molecule has 39 heavy (non-hydrogen) atoms. The van der Waals surface area contributed by atoms with Gasteiger partial charge in [-0.2, -0.15) is 5.21 Å². The van der Waals surface area contributed by atoms with Gasteiger partial charge in [0.25, 0.3) is 5.91 Å². The van der Waals surface area contributed by atoms with Crippen LogP contribution in [-0.4, -0.2) is 86.7 Å². The molecule has 2 aromatic carbocycles. The van der Waals surface area contributed by atoms with E-state index in [2.05, 4.69) is 25.5 Å². The van der Waals surface area contributed by atoms with E-state index in [1.54, 1.807) is 11.0 Å². The summed E-state index contributed by atoms with van der Waals surface area (Å²) in [7, 11) is 0. The fourth-order valence-corrected chi connectivity index (χ4v) is 5.87. The maximum absolute atomic E-state index is 13.3. The summed E-state index contributed by atoms with van der Waals surface area (Å²) in [5, 5.41) is 14.9. The highest BCUT2D eigenvalue weighted by Gasteiger charge is 2.32. The van der Waals surface area contributed by atoms with Crippen LogP contribution in [0.1, 0.15) is 17.8 Å². The molecule has 0 aliphatic carbocycles. The van der Waals surface area contributed by atoms with E-state index in [1.165, 1.54) is 11.8 Å².